The molecular weight excluding hydrogens is 324 g/mol. The van der Waals surface area contributed by atoms with Crippen LogP contribution in [0.15, 0.2) is 53.0 Å². The van der Waals surface area contributed by atoms with Gasteiger partial charge in [0.05, 0.1) is 0 Å². The van der Waals surface area contributed by atoms with E-state index in [-0.39, 0.29) is 0 Å². The van der Waals surface area contributed by atoms with E-state index < -0.39 is 0 Å². The molecule has 0 unspecified atom stereocenters. The summed E-state index contributed by atoms with van der Waals surface area (Å²) in [4.78, 5) is 2.34. The van der Waals surface area contributed by atoms with Crippen LogP contribution < -0.4 is 5.32 Å². The average molecular weight is 347 g/mol. The second-order valence-corrected chi connectivity index (χ2v) is 6.31. The fourth-order valence-corrected chi connectivity index (χ4v) is 2.64. The summed E-state index contributed by atoms with van der Waals surface area (Å²) < 4.78 is 1.13. The first kappa shape index (κ1) is 16.2. The summed E-state index contributed by atoms with van der Waals surface area (Å²) in [5.41, 5.74) is 4.06. The molecule has 2 nitrogen and oxygen atoms in total. The van der Waals surface area contributed by atoms with E-state index in [0.717, 1.165) is 30.7 Å². The van der Waals surface area contributed by atoms with Gasteiger partial charge in [-0.15, -0.1) is 0 Å². The third kappa shape index (κ3) is 5.62. The molecule has 0 amide bonds. The maximum Gasteiger partial charge on any atom is 0.0234 e. The lowest BCUT2D eigenvalue weighted by molar-refractivity contribution is 0.319. The molecule has 0 radical (unpaired) electrons. The minimum absolute atomic E-state index is 0.945. The number of benzene rings is 2. The van der Waals surface area contributed by atoms with Crippen molar-refractivity contribution in [2.24, 2.45) is 0 Å². The van der Waals surface area contributed by atoms with Crippen molar-refractivity contribution in [3.63, 3.8) is 0 Å². The number of hydrogen-bond acceptors (Lipinski definition) is 2. The summed E-state index contributed by atoms with van der Waals surface area (Å²) in [6.07, 6.45) is 0. The van der Waals surface area contributed by atoms with E-state index in [4.69, 9.17) is 0 Å². The zero-order valence-electron chi connectivity index (χ0n) is 12.8. The molecule has 0 saturated heterocycles. The molecule has 2 aromatic rings. The molecule has 21 heavy (non-hydrogen) atoms. The van der Waals surface area contributed by atoms with Crippen LogP contribution in [0.4, 0.5) is 0 Å². The molecule has 0 aliphatic heterocycles. The molecule has 3 heteroatoms. The minimum Gasteiger partial charge on any atom is -0.313 e. The summed E-state index contributed by atoms with van der Waals surface area (Å²) in [6, 6.07) is 17.4. The lowest BCUT2D eigenvalue weighted by Gasteiger charge is -2.17. The van der Waals surface area contributed by atoms with E-state index in [9.17, 15) is 0 Å². The molecule has 0 spiro atoms. The van der Waals surface area contributed by atoms with Gasteiger partial charge in [-0.25, -0.2) is 0 Å². The van der Waals surface area contributed by atoms with Gasteiger partial charge in [0.2, 0.25) is 0 Å². The first-order valence-corrected chi connectivity index (χ1v) is 8.18. The number of halogens is 1. The van der Waals surface area contributed by atoms with Gasteiger partial charge in [-0.1, -0.05) is 59.3 Å². The Bertz CT molecular complexity index is 551. The van der Waals surface area contributed by atoms with Gasteiger partial charge >= 0.3 is 0 Å². The molecule has 1 N–H and O–H groups in total. The quantitative estimate of drug-likeness (QED) is 0.808. The van der Waals surface area contributed by atoms with Gasteiger partial charge in [0.25, 0.3) is 0 Å². The van der Waals surface area contributed by atoms with Crippen molar-refractivity contribution in [1.82, 2.24) is 10.2 Å². The summed E-state index contributed by atoms with van der Waals surface area (Å²) in [6.45, 7) is 6.02. The van der Waals surface area contributed by atoms with Crippen molar-refractivity contribution in [2.75, 3.05) is 13.6 Å². The largest absolute Gasteiger partial charge is 0.313 e. The fraction of sp³-hybridized carbons (Fsp3) is 0.333. The highest BCUT2D eigenvalue weighted by Crippen LogP contribution is 2.13. The van der Waals surface area contributed by atoms with Crippen LogP contribution in [0, 0.1) is 0 Å². The lowest BCUT2D eigenvalue weighted by Crippen LogP contribution is -2.17. The molecule has 0 fully saturated rings. The molecular formula is C18H23BrN2. The summed E-state index contributed by atoms with van der Waals surface area (Å²) in [5, 5.41) is 3.37. The SMILES string of the molecule is CCNCc1cccc(CN(C)Cc2ccc(Br)cc2)c1. The Kier molecular flexibility index (Phi) is 6.43. The van der Waals surface area contributed by atoms with Gasteiger partial charge in [-0.3, -0.25) is 4.90 Å². The molecule has 0 heterocycles. The number of hydrogen-bond donors (Lipinski definition) is 1. The van der Waals surface area contributed by atoms with E-state index >= 15 is 0 Å². The highest BCUT2D eigenvalue weighted by Gasteiger charge is 2.03. The summed E-state index contributed by atoms with van der Waals surface area (Å²) >= 11 is 3.47. The summed E-state index contributed by atoms with van der Waals surface area (Å²) in [5.74, 6) is 0. The maximum absolute atomic E-state index is 3.47. The minimum atomic E-state index is 0.945. The van der Waals surface area contributed by atoms with Crippen molar-refractivity contribution < 1.29 is 0 Å². The first-order chi connectivity index (χ1) is 10.2. The Morgan fingerprint density at radius 2 is 1.62 bits per heavy atom. The normalized spacial score (nSPS) is 11.0. The molecule has 0 aromatic heterocycles. The number of rotatable bonds is 7. The number of nitrogens with zero attached hydrogens (tertiary/aromatic N) is 1. The van der Waals surface area contributed by atoms with Crippen LogP contribution in [0.25, 0.3) is 0 Å². The maximum atomic E-state index is 3.47. The average Bonchev–Trinajstić information content (AvgIpc) is 2.48. The smallest absolute Gasteiger partial charge is 0.0234 e. The van der Waals surface area contributed by atoms with Gasteiger partial charge in [0.1, 0.15) is 0 Å². The lowest BCUT2D eigenvalue weighted by atomic mass is 10.1. The third-order valence-corrected chi connectivity index (χ3v) is 3.92. The van der Waals surface area contributed by atoms with Crippen LogP contribution in [-0.2, 0) is 19.6 Å². The van der Waals surface area contributed by atoms with Gasteiger partial charge < -0.3 is 5.32 Å². The molecule has 2 aromatic carbocycles. The zero-order valence-corrected chi connectivity index (χ0v) is 14.4. The molecule has 0 aliphatic rings. The Balaban J connectivity index is 1.92. The first-order valence-electron chi connectivity index (χ1n) is 7.39. The van der Waals surface area contributed by atoms with Gasteiger partial charge in [0, 0.05) is 24.1 Å². The standard InChI is InChI=1S/C18H23BrN2/c1-3-20-12-16-5-4-6-17(11-16)14-21(2)13-15-7-9-18(19)10-8-15/h4-11,20H,3,12-14H2,1-2H3. The Morgan fingerprint density at radius 3 is 2.33 bits per heavy atom. The van der Waals surface area contributed by atoms with Crippen molar-refractivity contribution in [1.29, 1.82) is 0 Å². The van der Waals surface area contributed by atoms with E-state index in [2.05, 4.69) is 88.6 Å². The Labute approximate surface area is 136 Å². The highest BCUT2D eigenvalue weighted by molar-refractivity contribution is 9.10. The molecule has 2 rings (SSSR count). The van der Waals surface area contributed by atoms with Crippen LogP contribution >= 0.6 is 15.9 Å². The molecule has 0 bridgehead atoms. The molecule has 0 saturated carbocycles. The van der Waals surface area contributed by atoms with Crippen molar-refractivity contribution >= 4 is 15.9 Å². The van der Waals surface area contributed by atoms with Gasteiger partial charge in [-0.05, 0) is 42.4 Å². The van der Waals surface area contributed by atoms with Crippen molar-refractivity contribution in [2.45, 2.75) is 26.6 Å². The van der Waals surface area contributed by atoms with Crippen LogP contribution in [0.5, 0.6) is 0 Å². The van der Waals surface area contributed by atoms with E-state index in [0.29, 0.717) is 0 Å². The summed E-state index contributed by atoms with van der Waals surface area (Å²) in [7, 11) is 2.17. The van der Waals surface area contributed by atoms with E-state index in [1.165, 1.54) is 16.7 Å². The Hall–Kier alpha value is -1.16. The zero-order chi connectivity index (χ0) is 15.1. The Morgan fingerprint density at radius 1 is 0.952 bits per heavy atom. The molecule has 0 atom stereocenters. The van der Waals surface area contributed by atoms with E-state index in [1.54, 1.807) is 0 Å². The predicted octanol–water partition coefficient (Wildman–Crippen LogP) is 4.19. The fourth-order valence-electron chi connectivity index (χ4n) is 2.38. The second-order valence-electron chi connectivity index (χ2n) is 5.40. The highest BCUT2D eigenvalue weighted by atomic mass is 79.9. The van der Waals surface area contributed by atoms with Gasteiger partial charge in [-0.2, -0.15) is 0 Å². The third-order valence-electron chi connectivity index (χ3n) is 3.39. The van der Waals surface area contributed by atoms with Gasteiger partial charge in [0.15, 0.2) is 0 Å². The predicted molar refractivity (Wildman–Crippen MR) is 93.1 cm³/mol. The molecule has 112 valence electrons. The van der Waals surface area contributed by atoms with Crippen LogP contribution in [0.3, 0.4) is 0 Å². The van der Waals surface area contributed by atoms with Crippen LogP contribution in [0.2, 0.25) is 0 Å². The van der Waals surface area contributed by atoms with E-state index in [1.807, 2.05) is 0 Å². The monoisotopic (exact) mass is 346 g/mol. The van der Waals surface area contributed by atoms with Crippen LogP contribution in [0.1, 0.15) is 23.6 Å². The van der Waals surface area contributed by atoms with Crippen molar-refractivity contribution in [3.05, 3.63) is 69.7 Å². The number of nitrogens with one attached hydrogen (secondary N) is 1. The topological polar surface area (TPSA) is 15.3 Å². The van der Waals surface area contributed by atoms with Crippen LogP contribution in [-0.4, -0.2) is 18.5 Å². The van der Waals surface area contributed by atoms with Crippen molar-refractivity contribution in [3.8, 4) is 0 Å². The molecule has 0 aliphatic carbocycles. The second kappa shape index (κ2) is 8.32.